The smallest absolute Gasteiger partial charge is 0.416 e. The second-order valence-corrected chi connectivity index (χ2v) is 6.65. The summed E-state index contributed by atoms with van der Waals surface area (Å²) in [5.74, 6) is -15.4. The van der Waals surface area contributed by atoms with Crippen molar-refractivity contribution in [3.63, 3.8) is 0 Å². The standard InChI is InChI=1S/C19H8F8N4O2/c20-11-12(21)14(23)16(15(24)13(11)22)33-9(32)4-31-8-2-1-6(19(25,26)27)3-7(8)10-17(28)29-5-30-18(10)31/h1-3,5H,4H2,(H2,28,29,30). The van der Waals surface area contributed by atoms with Crippen molar-refractivity contribution in [2.75, 3.05) is 5.73 Å². The first-order valence-corrected chi connectivity index (χ1v) is 8.73. The summed E-state index contributed by atoms with van der Waals surface area (Å²) in [7, 11) is 0. The van der Waals surface area contributed by atoms with Gasteiger partial charge in [-0.2, -0.15) is 22.0 Å². The Morgan fingerprint density at radius 3 is 2.18 bits per heavy atom. The summed E-state index contributed by atoms with van der Waals surface area (Å²) in [6.45, 7) is -0.929. The zero-order valence-electron chi connectivity index (χ0n) is 15.8. The van der Waals surface area contributed by atoms with Crippen LogP contribution in [-0.2, 0) is 17.5 Å². The molecule has 2 N–H and O–H groups in total. The van der Waals surface area contributed by atoms with Crippen molar-refractivity contribution in [2.45, 2.75) is 12.7 Å². The number of esters is 1. The molecule has 0 amide bonds. The molecule has 0 spiro atoms. The molecule has 4 rings (SSSR count). The van der Waals surface area contributed by atoms with Crippen molar-refractivity contribution in [1.82, 2.24) is 14.5 Å². The third kappa shape index (κ3) is 3.56. The highest BCUT2D eigenvalue weighted by Gasteiger charge is 2.32. The average Bonchev–Trinajstić information content (AvgIpc) is 3.07. The van der Waals surface area contributed by atoms with E-state index in [0.717, 1.165) is 23.0 Å². The molecule has 2 heterocycles. The van der Waals surface area contributed by atoms with Gasteiger partial charge in [0.05, 0.1) is 16.5 Å². The number of anilines is 1. The van der Waals surface area contributed by atoms with Gasteiger partial charge >= 0.3 is 12.1 Å². The van der Waals surface area contributed by atoms with Crippen LogP contribution < -0.4 is 10.5 Å². The highest BCUT2D eigenvalue weighted by molar-refractivity contribution is 6.11. The molecule has 0 aliphatic heterocycles. The van der Waals surface area contributed by atoms with Gasteiger partial charge < -0.3 is 15.0 Å². The summed E-state index contributed by atoms with van der Waals surface area (Å²) < 4.78 is 112. The van der Waals surface area contributed by atoms with E-state index in [1.807, 2.05) is 0 Å². The molecular weight excluding hydrogens is 468 g/mol. The SMILES string of the molecule is Nc1ncnc2c1c1cc(C(F)(F)F)ccc1n2CC(=O)Oc1c(F)c(F)c(F)c(F)c1F. The van der Waals surface area contributed by atoms with Crippen molar-refractivity contribution in [1.29, 1.82) is 0 Å². The first-order chi connectivity index (χ1) is 15.4. The molecule has 2 aromatic carbocycles. The second-order valence-electron chi connectivity index (χ2n) is 6.65. The van der Waals surface area contributed by atoms with E-state index >= 15 is 0 Å². The first-order valence-electron chi connectivity index (χ1n) is 8.73. The second kappa shape index (κ2) is 7.56. The average molecular weight is 476 g/mol. The Morgan fingerprint density at radius 1 is 0.970 bits per heavy atom. The molecule has 2 aromatic heterocycles. The molecule has 0 atom stereocenters. The van der Waals surface area contributed by atoms with E-state index in [1.165, 1.54) is 0 Å². The third-order valence-electron chi connectivity index (χ3n) is 4.67. The van der Waals surface area contributed by atoms with Gasteiger partial charge in [0, 0.05) is 5.39 Å². The number of nitrogens with two attached hydrogens (primary N) is 1. The van der Waals surface area contributed by atoms with Gasteiger partial charge in [0.15, 0.2) is 0 Å². The van der Waals surface area contributed by atoms with Crippen molar-refractivity contribution >= 4 is 33.7 Å². The van der Waals surface area contributed by atoms with Crippen LogP contribution in [0.4, 0.5) is 40.9 Å². The molecule has 4 aromatic rings. The normalized spacial score (nSPS) is 12.0. The van der Waals surface area contributed by atoms with E-state index in [4.69, 9.17) is 5.73 Å². The number of ether oxygens (including phenoxy) is 1. The molecule has 0 saturated carbocycles. The molecule has 0 radical (unpaired) electrons. The van der Waals surface area contributed by atoms with Gasteiger partial charge in [-0.3, -0.25) is 0 Å². The van der Waals surface area contributed by atoms with E-state index in [-0.39, 0.29) is 27.8 Å². The van der Waals surface area contributed by atoms with Gasteiger partial charge in [0.25, 0.3) is 0 Å². The predicted molar refractivity (Wildman–Crippen MR) is 96.3 cm³/mol. The van der Waals surface area contributed by atoms with E-state index < -0.39 is 59.1 Å². The Bertz CT molecular complexity index is 1420. The number of nitrogen functional groups attached to an aromatic ring is 1. The largest absolute Gasteiger partial charge is 0.419 e. The van der Waals surface area contributed by atoms with Crippen LogP contribution in [0.3, 0.4) is 0 Å². The first kappa shape index (κ1) is 22.2. The maximum atomic E-state index is 13.8. The minimum absolute atomic E-state index is 0.0143. The number of carbonyl (C=O) groups is 1. The number of nitrogens with zero attached hydrogens (tertiary/aromatic N) is 3. The minimum Gasteiger partial charge on any atom is -0.419 e. The Kier molecular flexibility index (Phi) is 5.10. The van der Waals surface area contributed by atoms with Crippen LogP contribution in [0.25, 0.3) is 21.9 Å². The Hall–Kier alpha value is -3.97. The minimum atomic E-state index is -4.71. The number of rotatable bonds is 3. The molecule has 14 heteroatoms. The van der Waals surface area contributed by atoms with Crippen LogP contribution in [-0.4, -0.2) is 20.5 Å². The molecule has 33 heavy (non-hydrogen) atoms. The zero-order chi connectivity index (χ0) is 24.2. The lowest BCUT2D eigenvalue weighted by atomic mass is 10.1. The van der Waals surface area contributed by atoms with Gasteiger partial charge in [0.2, 0.25) is 34.8 Å². The Morgan fingerprint density at radius 2 is 1.58 bits per heavy atom. The lowest BCUT2D eigenvalue weighted by Gasteiger charge is -2.11. The third-order valence-corrected chi connectivity index (χ3v) is 4.67. The number of benzene rings is 2. The number of aromatic nitrogens is 3. The fourth-order valence-electron chi connectivity index (χ4n) is 3.22. The van der Waals surface area contributed by atoms with Crippen molar-refractivity contribution in [3.05, 3.63) is 59.2 Å². The van der Waals surface area contributed by atoms with Gasteiger partial charge in [-0.05, 0) is 18.2 Å². The lowest BCUT2D eigenvalue weighted by Crippen LogP contribution is -2.19. The Balaban J connectivity index is 1.81. The van der Waals surface area contributed by atoms with Crippen LogP contribution in [0.15, 0.2) is 24.5 Å². The summed E-state index contributed by atoms with van der Waals surface area (Å²) in [4.78, 5) is 19.9. The molecular formula is C19H8F8N4O2. The van der Waals surface area contributed by atoms with Crippen LogP contribution in [0.2, 0.25) is 0 Å². The molecule has 0 bridgehead atoms. The molecule has 0 unspecified atom stereocenters. The maximum absolute atomic E-state index is 13.8. The van der Waals surface area contributed by atoms with Gasteiger partial charge in [-0.1, -0.05) is 0 Å². The van der Waals surface area contributed by atoms with E-state index in [2.05, 4.69) is 14.7 Å². The molecule has 0 fully saturated rings. The van der Waals surface area contributed by atoms with E-state index in [0.29, 0.717) is 6.07 Å². The van der Waals surface area contributed by atoms with Gasteiger partial charge in [-0.15, -0.1) is 0 Å². The monoisotopic (exact) mass is 476 g/mol. The molecule has 0 aliphatic rings. The van der Waals surface area contributed by atoms with Crippen LogP contribution in [0.1, 0.15) is 5.56 Å². The fraction of sp³-hybridized carbons (Fsp3) is 0.105. The maximum Gasteiger partial charge on any atom is 0.416 e. The molecule has 0 saturated heterocycles. The summed E-state index contributed by atoms with van der Waals surface area (Å²) in [6, 6.07) is 2.44. The van der Waals surface area contributed by atoms with Gasteiger partial charge in [-0.25, -0.2) is 27.9 Å². The van der Waals surface area contributed by atoms with E-state index in [9.17, 15) is 39.9 Å². The topological polar surface area (TPSA) is 83.0 Å². The summed E-state index contributed by atoms with van der Waals surface area (Å²) in [5, 5.41) is -0.149. The van der Waals surface area contributed by atoms with Crippen molar-refractivity contribution in [3.8, 4) is 5.75 Å². The number of halogens is 8. The van der Waals surface area contributed by atoms with E-state index in [1.54, 1.807) is 0 Å². The molecule has 6 nitrogen and oxygen atoms in total. The number of hydrogen-bond donors (Lipinski definition) is 1. The summed E-state index contributed by atoms with van der Waals surface area (Å²) in [5.41, 5.74) is 4.57. The number of carbonyl (C=O) groups excluding carboxylic acids is 1. The van der Waals surface area contributed by atoms with Crippen LogP contribution >= 0.6 is 0 Å². The highest BCUT2D eigenvalue weighted by atomic mass is 19.4. The number of hydrogen-bond acceptors (Lipinski definition) is 5. The molecule has 172 valence electrons. The predicted octanol–water partition coefficient (Wildman–Crippen LogP) is 4.49. The lowest BCUT2D eigenvalue weighted by molar-refractivity contribution is -0.137. The quantitative estimate of drug-likeness (QED) is 0.155. The van der Waals surface area contributed by atoms with Gasteiger partial charge in [0.1, 0.15) is 24.3 Å². The number of fused-ring (bicyclic) bond motifs is 3. The van der Waals surface area contributed by atoms with Crippen molar-refractivity contribution in [2.24, 2.45) is 0 Å². The zero-order valence-corrected chi connectivity index (χ0v) is 15.8. The van der Waals surface area contributed by atoms with Crippen molar-refractivity contribution < 1.29 is 44.7 Å². The summed E-state index contributed by atoms with van der Waals surface area (Å²) in [6.07, 6.45) is -3.76. The highest BCUT2D eigenvalue weighted by Crippen LogP contribution is 2.36. The Labute approximate surface area is 177 Å². The summed E-state index contributed by atoms with van der Waals surface area (Å²) >= 11 is 0. The van der Waals surface area contributed by atoms with Crippen LogP contribution in [0, 0.1) is 29.1 Å². The molecule has 0 aliphatic carbocycles. The fourth-order valence-corrected chi connectivity index (χ4v) is 3.22. The van der Waals surface area contributed by atoms with Crippen LogP contribution in [0.5, 0.6) is 5.75 Å². The number of alkyl halides is 3.